The molecule has 0 aliphatic carbocycles. The van der Waals surface area contributed by atoms with Crippen molar-refractivity contribution in [2.45, 2.75) is 0 Å². The molecule has 2 heterocycles. The van der Waals surface area contributed by atoms with Gasteiger partial charge in [0.25, 0.3) is 0 Å². The second kappa shape index (κ2) is 2.74. The van der Waals surface area contributed by atoms with Crippen LogP contribution in [0.15, 0.2) is 24.9 Å². The molecule has 4 nitrogen and oxygen atoms in total. The number of aromatic nitrogens is 4. The third-order valence-electron chi connectivity index (χ3n) is 1.10. The maximum Gasteiger partial charge on any atom is 0.163 e. The molecule has 10 heavy (non-hydrogen) atoms. The van der Waals surface area contributed by atoms with Crippen LogP contribution in [0, 0.1) is 0 Å². The van der Waals surface area contributed by atoms with Gasteiger partial charge in [-0.05, 0) is 0 Å². The largest absolute Gasteiger partial charge is 0.272 e. The summed E-state index contributed by atoms with van der Waals surface area (Å²) in [5, 5.41) is 7.47. The van der Waals surface area contributed by atoms with Gasteiger partial charge >= 0.3 is 0 Å². The molecule has 0 unspecified atom stereocenters. The van der Waals surface area contributed by atoms with Crippen molar-refractivity contribution < 1.29 is 0 Å². The Hall–Kier alpha value is -0.970. The van der Waals surface area contributed by atoms with E-state index < -0.39 is 0 Å². The fourth-order valence-electron chi connectivity index (χ4n) is 0.680. The predicted octanol–water partition coefficient (Wildman–Crippen LogP) is 0.702. The minimum absolute atomic E-state index is 0. The van der Waals surface area contributed by atoms with Crippen molar-refractivity contribution in [3.05, 3.63) is 24.9 Å². The van der Waals surface area contributed by atoms with E-state index in [1.54, 1.807) is 29.3 Å². The van der Waals surface area contributed by atoms with Crippen LogP contribution in [0.1, 0.15) is 0 Å². The molecule has 0 aliphatic rings. The second-order valence-corrected chi connectivity index (χ2v) is 1.68. The quantitative estimate of drug-likeness (QED) is 0.630. The molecular weight excluding hydrogens is 196 g/mol. The van der Waals surface area contributed by atoms with Crippen molar-refractivity contribution in [2.75, 3.05) is 0 Å². The SMILES string of the molecule is Br.c1cc2nncn2cn1. The van der Waals surface area contributed by atoms with Gasteiger partial charge in [-0.2, -0.15) is 0 Å². The molecule has 0 atom stereocenters. The summed E-state index contributed by atoms with van der Waals surface area (Å²) in [5.74, 6) is 0. The molecule has 0 amide bonds. The Morgan fingerprint density at radius 3 is 3.00 bits per heavy atom. The van der Waals surface area contributed by atoms with Crippen molar-refractivity contribution in [2.24, 2.45) is 0 Å². The summed E-state index contributed by atoms with van der Waals surface area (Å²) in [5.41, 5.74) is 0.824. The van der Waals surface area contributed by atoms with E-state index in [1.807, 2.05) is 0 Å². The Morgan fingerprint density at radius 2 is 2.20 bits per heavy atom. The van der Waals surface area contributed by atoms with Crippen molar-refractivity contribution in [1.82, 2.24) is 19.6 Å². The summed E-state index contributed by atoms with van der Waals surface area (Å²) in [4.78, 5) is 3.87. The van der Waals surface area contributed by atoms with Gasteiger partial charge in [-0.3, -0.25) is 4.40 Å². The summed E-state index contributed by atoms with van der Waals surface area (Å²) < 4.78 is 1.75. The first-order chi connectivity index (χ1) is 4.47. The van der Waals surface area contributed by atoms with Crippen LogP contribution in [0.4, 0.5) is 0 Å². The van der Waals surface area contributed by atoms with Crippen molar-refractivity contribution in [3.8, 4) is 0 Å². The van der Waals surface area contributed by atoms with Crippen LogP contribution in [-0.2, 0) is 0 Å². The second-order valence-electron chi connectivity index (χ2n) is 1.68. The van der Waals surface area contributed by atoms with E-state index in [4.69, 9.17) is 0 Å². The van der Waals surface area contributed by atoms with Gasteiger partial charge < -0.3 is 0 Å². The first-order valence-corrected chi connectivity index (χ1v) is 2.56. The molecule has 0 aromatic carbocycles. The van der Waals surface area contributed by atoms with Gasteiger partial charge in [0.05, 0.1) is 0 Å². The first-order valence-electron chi connectivity index (χ1n) is 2.56. The highest BCUT2D eigenvalue weighted by Gasteiger charge is 1.88. The summed E-state index contributed by atoms with van der Waals surface area (Å²) >= 11 is 0. The van der Waals surface area contributed by atoms with Crippen LogP contribution in [0.5, 0.6) is 0 Å². The van der Waals surface area contributed by atoms with E-state index >= 15 is 0 Å². The zero-order valence-electron chi connectivity index (χ0n) is 5.01. The first kappa shape index (κ1) is 7.14. The monoisotopic (exact) mass is 200 g/mol. The molecule has 0 saturated carbocycles. The minimum Gasteiger partial charge on any atom is -0.272 e. The molecule has 52 valence electrons. The van der Waals surface area contributed by atoms with Crippen LogP contribution in [0.2, 0.25) is 0 Å². The zero-order chi connectivity index (χ0) is 6.10. The highest BCUT2D eigenvalue weighted by Crippen LogP contribution is 1.91. The van der Waals surface area contributed by atoms with Gasteiger partial charge in [0, 0.05) is 12.3 Å². The van der Waals surface area contributed by atoms with Crippen LogP contribution >= 0.6 is 17.0 Å². The van der Waals surface area contributed by atoms with Crippen molar-refractivity contribution in [3.63, 3.8) is 0 Å². The standard InChI is InChI=1S/C5H4N4.BrH/c1-2-6-3-9-4-7-8-5(1)9;/h1-4H;1H. The molecule has 2 rings (SSSR count). The lowest BCUT2D eigenvalue weighted by molar-refractivity contribution is 1.07. The highest BCUT2D eigenvalue weighted by atomic mass is 79.9. The maximum atomic E-state index is 3.87. The van der Waals surface area contributed by atoms with Gasteiger partial charge in [-0.1, -0.05) is 0 Å². The fraction of sp³-hybridized carbons (Fsp3) is 0. The third-order valence-corrected chi connectivity index (χ3v) is 1.10. The highest BCUT2D eigenvalue weighted by molar-refractivity contribution is 8.93. The Bertz CT molecular complexity index is 288. The van der Waals surface area contributed by atoms with E-state index in [0.717, 1.165) is 5.65 Å². The molecule has 0 N–H and O–H groups in total. The molecular formula is C5H5BrN4. The average Bonchev–Trinajstić information content (AvgIpc) is 2.33. The number of fused-ring (bicyclic) bond motifs is 1. The van der Waals surface area contributed by atoms with E-state index in [0.29, 0.717) is 0 Å². The van der Waals surface area contributed by atoms with E-state index in [9.17, 15) is 0 Å². The van der Waals surface area contributed by atoms with E-state index in [-0.39, 0.29) is 17.0 Å². The van der Waals surface area contributed by atoms with Gasteiger partial charge in [0.1, 0.15) is 12.7 Å². The number of halogens is 1. The van der Waals surface area contributed by atoms with E-state index in [2.05, 4.69) is 15.2 Å². The van der Waals surface area contributed by atoms with E-state index in [1.165, 1.54) is 0 Å². The zero-order valence-corrected chi connectivity index (χ0v) is 6.72. The summed E-state index contributed by atoms with van der Waals surface area (Å²) in [6, 6.07) is 1.80. The number of nitrogens with zero attached hydrogens (tertiary/aromatic N) is 4. The van der Waals surface area contributed by atoms with Crippen LogP contribution < -0.4 is 0 Å². The number of hydrogen-bond donors (Lipinski definition) is 0. The smallest absolute Gasteiger partial charge is 0.163 e. The number of rotatable bonds is 0. The molecule has 0 aliphatic heterocycles. The van der Waals surface area contributed by atoms with Gasteiger partial charge in [0.15, 0.2) is 5.65 Å². The fourth-order valence-corrected chi connectivity index (χ4v) is 0.680. The molecule has 2 aromatic heterocycles. The molecule has 2 aromatic rings. The van der Waals surface area contributed by atoms with Gasteiger partial charge in [0.2, 0.25) is 0 Å². The van der Waals surface area contributed by atoms with Crippen molar-refractivity contribution >= 4 is 22.6 Å². The molecule has 0 fully saturated rings. The van der Waals surface area contributed by atoms with Gasteiger partial charge in [-0.15, -0.1) is 27.2 Å². The molecule has 0 spiro atoms. The maximum absolute atomic E-state index is 3.87. The van der Waals surface area contributed by atoms with Gasteiger partial charge in [-0.25, -0.2) is 4.98 Å². The van der Waals surface area contributed by atoms with Crippen molar-refractivity contribution in [1.29, 1.82) is 0 Å². The van der Waals surface area contributed by atoms with Crippen LogP contribution in [0.3, 0.4) is 0 Å². The molecule has 5 heteroatoms. The lowest BCUT2D eigenvalue weighted by Gasteiger charge is -1.83. The molecule has 0 radical (unpaired) electrons. The van der Waals surface area contributed by atoms with Crippen LogP contribution in [0.25, 0.3) is 5.65 Å². The summed E-state index contributed by atoms with van der Waals surface area (Å²) in [6.45, 7) is 0. The average molecular weight is 201 g/mol. The Kier molecular flexibility index (Phi) is 1.96. The Morgan fingerprint density at radius 1 is 1.30 bits per heavy atom. The number of hydrogen-bond acceptors (Lipinski definition) is 3. The van der Waals surface area contributed by atoms with Crippen LogP contribution in [-0.4, -0.2) is 19.6 Å². The summed E-state index contributed by atoms with van der Waals surface area (Å²) in [6.07, 6.45) is 4.96. The lowest BCUT2D eigenvalue weighted by atomic mass is 10.6. The topological polar surface area (TPSA) is 43.1 Å². The minimum atomic E-state index is 0. The predicted molar refractivity (Wildman–Crippen MR) is 41.1 cm³/mol. The lowest BCUT2D eigenvalue weighted by Crippen LogP contribution is -1.81. The summed E-state index contributed by atoms with van der Waals surface area (Å²) in [7, 11) is 0. The Labute approximate surface area is 67.7 Å². The third kappa shape index (κ3) is 0.995. The molecule has 0 bridgehead atoms. The normalized spacial score (nSPS) is 9.20. The molecule has 0 saturated heterocycles. The Balaban J connectivity index is 0.000000500.